The second kappa shape index (κ2) is 11.0. The number of halogens is 1. The average molecular weight is 470 g/mol. The number of benzene rings is 1. The van der Waals surface area contributed by atoms with Crippen LogP contribution in [0, 0.1) is 6.92 Å². The summed E-state index contributed by atoms with van der Waals surface area (Å²) in [6.45, 7) is 4.13. The third-order valence-corrected chi connectivity index (χ3v) is 4.82. The van der Waals surface area contributed by atoms with Crippen molar-refractivity contribution in [1.29, 1.82) is 0 Å². The molecule has 0 atom stereocenters. The molecule has 0 aliphatic rings. The summed E-state index contributed by atoms with van der Waals surface area (Å²) >= 11 is 3.55. The summed E-state index contributed by atoms with van der Waals surface area (Å²) in [6, 6.07) is 3.61. The number of hydrogen-bond donors (Lipinski definition) is 2. The highest BCUT2D eigenvalue weighted by Gasteiger charge is 2.19. The van der Waals surface area contributed by atoms with E-state index in [0.717, 1.165) is 4.47 Å². The molecule has 2 rings (SSSR count). The third kappa shape index (κ3) is 5.84. The lowest BCUT2D eigenvalue weighted by molar-refractivity contribution is 0.190. The number of aryl methyl sites for hydroxylation is 1. The van der Waals surface area contributed by atoms with Gasteiger partial charge in [-0.1, -0.05) is 0 Å². The lowest BCUT2D eigenvalue weighted by Gasteiger charge is -2.26. The van der Waals surface area contributed by atoms with Crippen molar-refractivity contribution in [3.8, 4) is 11.5 Å². The Balaban J connectivity index is 2.45. The maximum absolute atomic E-state index is 6.45. The zero-order valence-electron chi connectivity index (χ0n) is 17.4. The first kappa shape index (κ1) is 23.0. The predicted molar refractivity (Wildman–Crippen MR) is 118 cm³/mol. The van der Waals surface area contributed by atoms with Crippen LogP contribution in [0.15, 0.2) is 16.6 Å². The quantitative estimate of drug-likeness (QED) is 0.513. The molecule has 0 saturated heterocycles. The van der Waals surface area contributed by atoms with Gasteiger partial charge in [-0.15, -0.1) is 0 Å². The van der Waals surface area contributed by atoms with E-state index in [4.69, 9.17) is 24.7 Å². The van der Waals surface area contributed by atoms with Crippen LogP contribution in [0.2, 0.25) is 0 Å². The molecule has 0 amide bonds. The second-order valence-corrected chi connectivity index (χ2v) is 7.00. The molecule has 3 N–H and O–H groups in total. The van der Waals surface area contributed by atoms with Crippen LogP contribution in [0.4, 0.5) is 23.0 Å². The number of nitrogens with two attached hydrogens (primary N) is 1. The van der Waals surface area contributed by atoms with Crippen LogP contribution >= 0.6 is 15.9 Å². The summed E-state index contributed by atoms with van der Waals surface area (Å²) in [5.74, 6) is 2.94. The minimum Gasteiger partial charge on any atom is -0.497 e. The first-order valence-electron chi connectivity index (χ1n) is 9.00. The highest BCUT2D eigenvalue weighted by atomic mass is 79.9. The van der Waals surface area contributed by atoms with E-state index in [-0.39, 0.29) is 0 Å². The SMILES string of the molecule is COCCN(CCOC)c1nc(C)nc(Nc2c(Br)cc(OC)cc2OC)c1N. The molecule has 10 heteroatoms. The van der Waals surface area contributed by atoms with E-state index in [2.05, 4.69) is 31.2 Å². The first-order chi connectivity index (χ1) is 13.9. The summed E-state index contributed by atoms with van der Waals surface area (Å²) < 4.78 is 22.0. The van der Waals surface area contributed by atoms with Gasteiger partial charge in [-0.3, -0.25) is 0 Å². The monoisotopic (exact) mass is 469 g/mol. The molecule has 1 aromatic heterocycles. The van der Waals surface area contributed by atoms with Crippen LogP contribution in [-0.4, -0.2) is 64.7 Å². The highest BCUT2D eigenvalue weighted by molar-refractivity contribution is 9.10. The van der Waals surface area contributed by atoms with E-state index in [9.17, 15) is 0 Å². The van der Waals surface area contributed by atoms with E-state index >= 15 is 0 Å². The number of ether oxygens (including phenoxy) is 4. The van der Waals surface area contributed by atoms with Gasteiger partial charge in [0.15, 0.2) is 11.6 Å². The van der Waals surface area contributed by atoms with Crippen molar-refractivity contribution >= 4 is 38.9 Å². The van der Waals surface area contributed by atoms with Crippen molar-refractivity contribution in [2.45, 2.75) is 6.92 Å². The Morgan fingerprint density at radius 1 is 1.03 bits per heavy atom. The van der Waals surface area contributed by atoms with Crippen LogP contribution in [-0.2, 0) is 9.47 Å². The van der Waals surface area contributed by atoms with Crippen LogP contribution < -0.4 is 25.4 Å². The molecule has 0 aliphatic carbocycles. The van der Waals surface area contributed by atoms with Gasteiger partial charge in [0.1, 0.15) is 23.0 Å². The fourth-order valence-corrected chi connectivity index (χ4v) is 3.23. The molecular weight excluding hydrogens is 442 g/mol. The molecule has 0 bridgehead atoms. The molecular formula is C19H28BrN5O4. The third-order valence-electron chi connectivity index (χ3n) is 4.19. The van der Waals surface area contributed by atoms with Gasteiger partial charge >= 0.3 is 0 Å². The molecule has 0 aliphatic heterocycles. The second-order valence-electron chi connectivity index (χ2n) is 6.14. The van der Waals surface area contributed by atoms with Gasteiger partial charge < -0.3 is 34.9 Å². The van der Waals surface area contributed by atoms with Crippen molar-refractivity contribution in [2.24, 2.45) is 0 Å². The number of aromatic nitrogens is 2. The molecule has 1 heterocycles. The van der Waals surface area contributed by atoms with E-state index in [1.807, 2.05) is 17.9 Å². The van der Waals surface area contributed by atoms with Gasteiger partial charge in [0.2, 0.25) is 0 Å². The first-order valence-corrected chi connectivity index (χ1v) is 9.79. The fraction of sp³-hybridized carbons (Fsp3) is 0.474. The molecule has 160 valence electrons. The van der Waals surface area contributed by atoms with Crippen LogP contribution in [0.5, 0.6) is 11.5 Å². The van der Waals surface area contributed by atoms with Crippen molar-refractivity contribution in [2.75, 3.05) is 70.7 Å². The molecule has 0 fully saturated rings. The minimum absolute atomic E-state index is 0.424. The summed E-state index contributed by atoms with van der Waals surface area (Å²) in [4.78, 5) is 11.1. The topological polar surface area (TPSA) is 104 Å². The average Bonchev–Trinajstić information content (AvgIpc) is 2.71. The highest BCUT2D eigenvalue weighted by Crippen LogP contribution is 2.40. The Bertz CT molecular complexity index is 814. The van der Waals surface area contributed by atoms with Gasteiger partial charge in [0, 0.05) is 37.8 Å². The molecule has 2 aromatic rings. The zero-order chi connectivity index (χ0) is 21.4. The van der Waals surface area contributed by atoms with Crippen molar-refractivity contribution in [3.63, 3.8) is 0 Å². The minimum atomic E-state index is 0.424. The Morgan fingerprint density at radius 2 is 1.69 bits per heavy atom. The van der Waals surface area contributed by atoms with E-state index in [1.54, 1.807) is 34.5 Å². The number of nitrogens with zero attached hydrogens (tertiary/aromatic N) is 3. The Kier molecular flexibility index (Phi) is 8.74. The van der Waals surface area contributed by atoms with E-state index in [1.165, 1.54) is 0 Å². The molecule has 9 nitrogen and oxygen atoms in total. The molecule has 0 unspecified atom stereocenters. The van der Waals surface area contributed by atoms with Crippen LogP contribution in [0.25, 0.3) is 0 Å². The molecule has 0 saturated carbocycles. The number of nitrogens with one attached hydrogen (secondary N) is 1. The maximum atomic E-state index is 6.45. The van der Waals surface area contributed by atoms with Gasteiger partial charge in [-0.2, -0.15) is 0 Å². The zero-order valence-corrected chi connectivity index (χ0v) is 19.0. The van der Waals surface area contributed by atoms with E-state index < -0.39 is 0 Å². The van der Waals surface area contributed by atoms with Crippen LogP contribution in [0.3, 0.4) is 0 Å². The number of nitrogen functional groups attached to an aromatic ring is 1. The lowest BCUT2D eigenvalue weighted by Crippen LogP contribution is -2.32. The van der Waals surface area contributed by atoms with Crippen molar-refractivity contribution in [1.82, 2.24) is 9.97 Å². The fourth-order valence-electron chi connectivity index (χ4n) is 2.71. The predicted octanol–water partition coefficient (Wildman–Crippen LogP) is 2.99. The van der Waals surface area contributed by atoms with Gasteiger partial charge in [-0.05, 0) is 28.9 Å². The number of anilines is 4. The number of rotatable bonds is 11. The molecule has 29 heavy (non-hydrogen) atoms. The molecule has 0 spiro atoms. The Morgan fingerprint density at radius 3 is 2.24 bits per heavy atom. The largest absolute Gasteiger partial charge is 0.497 e. The summed E-state index contributed by atoms with van der Waals surface area (Å²) in [6.07, 6.45) is 0. The smallest absolute Gasteiger partial charge is 0.159 e. The summed E-state index contributed by atoms with van der Waals surface area (Å²) in [7, 11) is 6.50. The van der Waals surface area contributed by atoms with Gasteiger partial charge in [-0.25, -0.2) is 9.97 Å². The molecule has 1 aromatic carbocycles. The van der Waals surface area contributed by atoms with Gasteiger partial charge in [0.25, 0.3) is 0 Å². The van der Waals surface area contributed by atoms with E-state index in [0.29, 0.717) is 66.6 Å². The number of hydrogen-bond acceptors (Lipinski definition) is 9. The van der Waals surface area contributed by atoms with Gasteiger partial charge in [0.05, 0.1) is 33.1 Å². The summed E-state index contributed by atoms with van der Waals surface area (Å²) in [5.41, 5.74) is 7.56. The van der Waals surface area contributed by atoms with Crippen molar-refractivity contribution < 1.29 is 18.9 Å². The van der Waals surface area contributed by atoms with Crippen molar-refractivity contribution in [3.05, 3.63) is 22.4 Å². The normalized spacial score (nSPS) is 10.7. The summed E-state index contributed by atoms with van der Waals surface area (Å²) in [5, 5.41) is 3.27. The Hall–Kier alpha value is -2.30. The maximum Gasteiger partial charge on any atom is 0.159 e. The molecule has 0 radical (unpaired) electrons. The number of methoxy groups -OCH3 is 4. The Labute approximate surface area is 179 Å². The van der Waals surface area contributed by atoms with Crippen LogP contribution in [0.1, 0.15) is 5.82 Å². The lowest BCUT2D eigenvalue weighted by atomic mass is 10.2. The standard InChI is InChI=1S/C19H28BrN5O4/c1-12-22-18(24-17-14(20)10-13(28-4)11-15(17)29-5)16(21)19(23-12)25(6-8-26-2)7-9-27-3/h10-11H,6-9,21H2,1-5H3,(H,22,23,24).